The molecule has 0 spiro atoms. The fourth-order valence-corrected chi connectivity index (χ4v) is 5.46. The molecule has 37 heavy (non-hydrogen) atoms. The van der Waals surface area contributed by atoms with E-state index in [1.54, 1.807) is 7.05 Å². The van der Waals surface area contributed by atoms with Crippen LogP contribution in [0.15, 0.2) is 0 Å². The number of hydrogen-bond acceptors (Lipinski definition) is 16. The third-order valence-corrected chi connectivity index (χ3v) is 7.74. The van der Waals surface area contributed by atoms with E-state index < -0.39 is 111 Å². The number of nitrogens with one attached hydrogen (secondary N) is 1. The van der Waals surface area contributed by atoms with Gasteiger partial charge in [0.2, 0.25) is 0 Å². The van der Waals surface area contributed by atoms with Gasteiger partial charge in [0.25, 0.3) is 0 Å². The number of hydrogen-bond donors (Lipinski definition) is 11. The summed E-state index contributed by atoms with van der Waals surface area (Å²) in [6, 6.07) is -4.05. The molecule has 1 saturated carbocycles. The van der Waals surface area contributed by atoms with Crippen molar-refractivity contribution in [2.75, 3.05) is 13.7 Å². The molecule has 15 N–H and O–H groups in total. The maximum Gasteiger partial charge on any atom is 0.189 e. The van der Waals surface area contributed by atoms with E-state index in [4.69, 9.17) is 46.6 Å². The van der Waals surface area contributed by atoms with Crippen LogP contribution in [0.4, 0.5) is 0 Å². The molecule has 0 amide bonds. The first-order valence-electron chi connectivity index (χ1n) is 12.5. The first-order chi connectivity index (χ1) is 17.5. The molecule has 17 atom stereocenters. The van der Waals surface area contributed by atoms with Crippen LogP contribution in [0.5, 0.6) is 0 Å². The minimum atomic E-state index is -1.54. The van der Waals surface area contributed by atoms with E-state index in [1.807, 2.05) is 0 Å². The van der Waals surface area contributed by atoms with Gasteiger partial charge in [-0.3, -0.25) is 0 Å². The summed E-state index contributed by atoms with van der Waals surface area (Å²) in [5.41, 5.74) is 24.0. The lowest BCUT2D eigenvalue weighted by molar-refractivity contribution is -0.373. The number of aliphatic hydroxyl groups excluding tert-OH is 6. The van der Waals surface area contributed by atoms with Crippen LogP contribution in [0.1, 0.15) is 12.8 Å². The fraction of sp³-hybridized carbons (Fsp3) is 1.00. The van der Waals surface area contributed by atoms with E-state index in [2.05, 4.69) is 5.32 Å². The first kappa shape index (κ1) is 29.3. The molecule has 0 aromatic carbocycles. The predicted octanol–water partition coefficient (Wildman–Crippen LogP) is -6.95. The van der Waals surface area contributed by atoms with Crippen LogP contribution in [-0.2, 0) is 23.7 Å². The second kappa shape index (κ2) is 11.8. The van der Waals surface area contributed by atoms with Gasteiger partial charge in [-0.05, 0) is 19.9 Å². The Morgan fingerprint density at radius 2 is 1.43 bits per heavy atom. The molecular weight excluding hydrogens is 498 g/mol. The van der Waals surface area contributed by atoms with E-state index in [-0.39, 0.29) is 12.8 Å². The van der Waals surface area contributed by atoms with Gasteiger partial charge in [0.05, 0.1) is 36.9 Å². The van der Waals surface area contributed by atoms with Gasteiger partial charge in [0, 0.05) is 12.1 Å². The Kier molecular flexibility index (Phi) is 9.40. The Labute approximate surface area is 213 Å². The summed E-state index contributed by atoms with van der Waals surface area (Å²) in [7, 11) is 1.55. The quantitative estimate of drug-likeness (QED) is 0.149. The lowest BCUT2D eigenvalue weighted by atomic mass is 9.84. The highest BCUT2D eigenvalue weighted by molar-refractivity contribution is 5.01. The summed E-state index contributed by atoms with van der Waals surface area (Å²) in [5, 5.41) is 64.7. The lowest BCUT2D eigenvalue weighted by Gasteiger charge is -2.51. The average molecular weight is 540 g/mol. The third kappa shape index (κ3) is 5.66. The molecule has 1 aliphatic carbocycles. The second-order valence-electron chi connectivity index (χ2n) is 10.3. The van der Waals surface area contributed by atoms with E-state index >= 15 is 0 Å². The molecule has 0 bridgehead atoms. The van der Waals surface area contributed by atoms with Crippen molar-refractivity contribution in [1.29, 1.82) is 0 Å². The van der Waals surface area contributed by atoms with Crippen molar-refractivity contribution in [2.24, 2.45) is 22.9 Å². The maximum atomic E-state index is 11.1. The minimum Gasteiger partial charge on any atom is -0.394 e. The zero-order chi connectivity index (χ0) is 27.2. The molecule has 4 rings (SSSR count). The number of fused-ring (bicyclic) bond motifs is 1. The molecule has 0 aromatic heterocycles. The first-order valence-corrected chi connectivity index (χ1v) is 12.5. The van der Waals surface area contributed by atoms with Crippen LogP contribution < -0.4 is 28.3 Å². The van der Waals surface area contributed by atoms with Crippen LogP contribution in [0.2, 0.25) is 0 Å². The number of rotatable bonds is 6. The highest BCUT2D eigenvalue weighted by Gasteiger charge is 2.54. The van der Waals surface area contributed by atoms with Gasteiger partial charge < -0.3 is 82.6 Å². The smallest absolute Gasteiger partial charge is 0.189 e. The molecule has 16 nitrogen and oxygen atoms in total. The minimum absolute atomic E-state index is 0.156. The highest BCUT2D eigenvalue weighted by atomic mass is 16.8. The van der Waals surface area contributed by atoms with Crippen molar-refractivity contribution >= 4 is 0 Å². The molecule has 0 radical (unpaired) electrons. The van der Waals surface area contributed by atoms with E-state index in [1.165, 1.54) is 0 Å². The molecule has 0 unspecified atom stereocenters. The Balaban J connectivity index is 1.43. The largest absolute Gasteiger partial charge is 0.394 e. The number of ether oxygens (including phenoxy) is 5. The van der Waals surface area contributed by atoms with Gasteiger partial charge >= 0.3 is 0 Å². The van der Waals surface area contributed by atoms with Crippen LogP contribution >= 0.6 is 0 Å². The van der Waals surface area contributed by atoms with Crippen LogP contribution in [0.25, 0.3) is 0 Å². The SMILES string of the molecule is CN[C@@H]1[C@@H](O[C@H]2O[C@H](CO)[C@@H](N)[C@H](O)[C@@H]2O)O[C@H]2C[C@@H](N)[C@@H](O[C@H]3[C@H](O)[C@H](O)[C@H](N)C[C@H]3N)O[C@@H]2[C@@H]1O. The molecule has 4 fully saturated rings. The molecule has 216 valence electrons. The van der Waals surface area contributed by atoms with E-state index in [9.17, 15) is 30.6 Å². The molecule has 3 heterocycles. The fourth-order valence-electron chi connectivity index (χ4n) is 5.46. The van der Waals surface area contributed by atoms with Crippen molar-refractivity contribution in [3.8, 4) is 0 Å². The number of likely N-dealkylation sites (N-methyl/N-ethyl adjacent to an activating group) is 1. The summed E-state index contributed by atoms with van der Waals surface area (Å²) < 4.78 is 29.2. The molecular formula is C21H41N5O11. The normalized spacial score (nSPS) is 55.1. The van der Waals surface area contributed by atoms with Crippen LogP contribution in [-0.4, -0.2) is 148 Å². The van der Waals surface area contributed by atoms with Crippen molar-refractivity contribution in [3.63, 3.8) is 0 Å². The Morgan fingerprint density at radius 3 is 2.08 bits per heavy atom. The van der Waals surface area contributed by atoms with Gasteiger partial charge in [0.15, 0.2) is 18.9 Å². The van der Waals surface area contributed by atoms with E-state index in [0.29, 0.717) is 0 Å². The second-order valence-corrected chi connectivity index (χ2v) is 10.3. The average Bonchev–Trinajstić information content (AvgIpc) is 2.86. The Morgan fingerprint density at radius 1 is 0.730 bits per heavy atom. The lowest BCUT2D eigenvalue weighted by Crippen LogP contribution is -2.70. The summed E-state index contributed by atoms with van der Waals surface area (Å²) >= 11 is 0. The molecule has 3 aliphatic heterocycles. The highest BCUT2D eigenvalue weighted by Crippen LogP contribution is 2.35. The molecule has 16 heteroatoms. The Hall–Kier alpha value is -0.640. The molecule has 0 aromatic rings. The van der Waals surface area contributed by atoms with Gasteiger partial charge in [-0.15, -0.1) is 0 Å². The van der Waals surface area contributed by atoms with Gasteiger partial charge in [0.1, 0.15) is 42.7 Å². The van der Waals surface area contributed by atoms with Crippen molar-refractivity contribution in [2.45, 2.75) is 117 Å². The van der Waals surface area contributed by atoms with E-state index in [0.717, 1.165) is 0 Å². The third-order valence-electron chi connectivity index (χ3n) is 7.74. The van der Waals surface area contributed by atoms with Gasteiger partial charge in [-0.25, -0.2) is 0 Å². The standard InChI is InChI=1S/C21H41N5O11/c1-26-11-14(30)18-8(33-20(11)37-21-16(32)13(29)10(25)9(4-27)34-21)3-7(24)19(36-18)35-17-6(23)2-5(22)12(28)15(17)31/h5-21,26-32H,2-4,22-25H2,1H3/t5-,6-,7-,8+,9-,10-,11+,12-,13+,14-,15-,16+,17-,18+,19+,20-,21-/m1/s1. The van der Waals surface area contributed by atoms with Crippen molar-refractivity contribution in [1.82, 2.24) is 5.32 Å². The monoisotopic (exact) mass is 539 g/mol. The molecule has 3 saturated heterocycles. The summed E-state index contributed by atoms with van der Waals surface area (Å²) in [4.78, 5) is 0. The summed E-state index contributed by atoms with van der Waals surface area (Å²) in [6.07, 6.45) is -13.7. The van der Waals surface area contributed by atoms with Crippen molar-refractivity contribution < 1.29 is 54.3 Å². The zero-order valence-corrected chi connectivity index (χ0v) is 20.5. The topological polar surface area (TPSA) is 284 Å². The number of aliphatic hydroxyl groups is 6. The maximum absolute atomic E-state index is 11.1. The van der Waals surface area contributed by atoms with Crippen LogP contribution in [0, 0.1) is 0 Å². The zero-order valence-electron chi connectivity index (χ0n) is 20.5. The summed E-state index contributed by atoms with van der Waals surface area (Å²) in [6.45, 7) is -0.508. The predicted molar refractivity (Wildman–Crippen MR) is 123 cm³/mol. The summed E-state index contributed by atoms with van der Waals surface area (Å²) in [5.74, 6) is 0. The van der Waals surface area contributed by atoms with Crippen LogP contribution in [0.3, 0.4) is 0 Å². The Bertz CT molecular complexity index is 756. The van der Waals surface area contributed by atoms with Gasteiger partial charge in [-0.2, -0.15) is 0 Å². The molecule has 4 aliphatic rings. The van der Waals surface area contributed by atoms with Crippen molar-refractivity contribution in [3.05, 3.63) is 0 Å². The van der Waals surface area contributed by atoms with Gasteiger partial charge in [-0.1, -0.05) is 0 Å². The number of nitrogens with two attached hydrogens (primary N) is 4.